The molecule has 0 spiro atoms. The summed E-state index contributed by atoms with van der Waals surface area (Å²) in [5, 5.41) is 10.0. The molecule has 0 aliphatic carbocycles. The molecule has 6 nitrogen and oxygen atoms in total. The molecule has 1 aromatic heterocycles. The number of amides is 1. The zero-order valence-electron chi connectivity index (χ0n) is 15.4. The first kappa shape index (κ1) is 17.8. The van der Waals surface area contributed by atoms with Crippen LogP contribution in [0.3, 0.4) is 0 Å². The van der Waals surface area contributed by atoms with Gasteiger partial charge in [0.2, 0.25) is 5.91 Å². The Morgan fingerprint density at radius 1 is 1.12 bits per heavy atom. The van der Waals surface area contributed by atoms with E-state index >= 15 is 0 Å². The first-order chi connectivity index (χ1) is 12.4. The predicted octanol–water partition coefficient (Wildman–Crippen LogP) is 3.33. The molecule has 1 unspecified atom stereocenters. The van der Waals surface area contributed by atoms with Crippen LogP contribution in [-0.4, -0.2) is 40.1 Å². The highest BCUT2D eigenvalue weighted by atomic mass is 16.2. The second-order valence-corrected chi connectivity index (χ2v) is 6.59. The average molecular weight is 349 g/mol. The third-order valence-electron chi connectivity index (χ3n) is 4.14. The number of aromatic nitrogens is 3. The number of hydrogen-bond acceptors (Lipinski definition) is 4. The van der Waals surface area contributed by atoms with Gasteiger partial charge in [-0.15, -0.1) is 0 Å². The Morgan fingerprint density at radius 2 is 1.85 bits per heavy atom. The summed E-state index contributed by atoms with van der Waals surface area (Å²) in [6, 6.07) is 15.2. The molecule has 0 aliphatic heterocycles. The number of hydrogen-bond donors (Lipinski definition) is 2. The Morgan fingerprint density at radius 3 is 2.46 bits per heavy atom. The number of likely N-dealkylation sites (N-methyl/N-ethyl adjacent to an activating group) is 1. The Labute approximate surface area is 153 Å². The van der Waals surface area contributed by atoms with Crippen molar-refractivity contribution in [1.82, 2.24) is 20.1 Å². The van der Waals surface area contributed by atoms with Crippen molar-refractivity contribution in [2.75, 3.05) is 19.4 Å². The van der Waals surface area contributed by atoms with E-state index in [1.54, 1.807) is 0 Å². The van der Waals surface area contributed by atoms with Crippen LogP contribution in [0.25, 0.3) is 11.4 Å². The van der Waals surface area contributed by atoms with E-state index in [4.69, 9.17) is 0 Å². The lowest BCUT2D eigenvalue weighted by atomic mass is 10.0. The second-order valence-electron chi connectivity index (χ2n) is 6.59. The monoisotopic (exact) mass is 349 g/mol. The molecule has 0 radical (unpaired) electrons. The fourth-order valence-electron chi connectivity index (χ4n) is 2.85. The van der Waals surface area contributed by atoms with Crippen molar-refractivity contribution >= 4 is 11.6 Å². The van der Waals surface area contributed by atoms with Gasteiger partial charge >= 0.3 is 0 Å². The second kappa shape index (κ2) is 7.49. The molecule has 0 saturated heterocycles. The van der Waals surface area contributed by atoms with Crippen LogP contribution < -0.4 is 5.32 Å². The summed E-state index contributed by atoms with van der Waals surface area (Å²) in [5.41, 5.74) is 3.69. The van der Waals surface area contributed by atoms with Crippen LogP contribution in [0.4, 0.5) is 5.69 Å². The summed E-state index contributed by atoms with van der Waals surface area (Å²) in [6.07, 6.45) is 0. The molecule has 1 atom stereocenters. The molecule has 0 bridgehead atoms. The van der Waals surface area contributed by atoms with Crippen molar-refractivity contribution in [2.24, 2.45) is 0 Å². The highest BCUT2D eigenvalue weighted by molar-refractivity contribution is 5.96. The molecule has 2 N–H and O–H groups in total. The summed E-state index contributed by atoms with van der Waals surface area (Å²) in [6.45, 7) is 3.89. The van der Waals surface area contributed by atoms with E-state index in [-0.39, 0.29) is 11.9 Å². The lowest BCUT2D eigenvalue weighted by Crippen LogP contribution is -2.32. The van der Waals surface area contributed by atoms with Crippen LogP contribution in [0.15, 0.2) is 48.5 Å². The third kappa shape index (κ3) is 3.97. The van der Waals surface area contributed by atoms with Gasteiger partial charge in [0.1, 0.15) is 11.9 Å². The third-order valence-corrected chi connectivity index (χ3v) is 4.14. The van der Waals surface area contributed by atoms with Gasteiger partial charge in [-0.3, -0.25) is 14.8 Å². The lowest BCUT2D eigenvalue weighted by molar-refractivity contribution is -0.120. The van der Waals surface area contributed by atoms with Gasteiger partial charge in [-0.2, -0.15) is 5.10 Å². The number of rotatable bonds is 5. The number of aromatic amines is 1. The van der Waals surface area contributed by atoms with Crippen molar-refractivity contribution in [3.63, 3.8) is 0 Å². The molecule has 0 aliphatic rings. The molecule has 1 heterocycles. The molecular weight excluding hydrogens is 326 g/mol. The fourth-order valence-corrected chi connectivity index (χ4v) is 2.85. The molecule has 0 saturated carbocycles. The topological polar surface area (TPSA) is 73.9 Å². The van der Waals surface area contributed by atoms with Gasteiger partial charge in [-0.1, -0.05) is 42.0 Å². The van der Waals surface area contributed by atoms with E-state index in [0.717, 1.165) is 17.0 Å². The van der Waals surface area contributed by atoms with E-state index < -0.39 is 0 Å². The van der Waals surface area contributed by atoms with Crippen LogP contribution in [-0.2, 0) is 4.79 Å². The first-order valence-electron chi connectivity index (χ1n) is 8.47. The number of carbonyl (C=O) groups excluding carboxylic acids is 1. The highest BCUT2D eigenvalue weighted by Gasteiger charge is 2.23. The lowest BCUT2D eigenvalue weighted by Gasteiger charge is -2.24. The van der Waals surface area contributed by atoms with Gasteiger partial charge in [-0.25, -0.2) is 4.98 Å². The van der Waals surface area contributed by atoms with Crippen molar-refractivity contribution in [3.05, 3.63) is 65.5 Å². The van der Waals surface area contributed by atoms with E-state index in [2.05, 4.69) is 20.5 Å². The number of benzene rings is 2. The number of carbonyl (C=O) groups is 1. The Bertz CT molecular complexity index is 899. The summed E-state index contributed by atoms with van der Waals surface area (Å²) >= 11 is 0. The quantitative estimate of drug-likeness (QED) is 0.741. The Kier molecular flexibility index (Phi) is 5.14. The predicted molar refractivity (Wildman–Crippen MR) is 103 cm³/mol. The Hall–Kier alpha value is -2.99. The van der Waals surface area contributed by atoms with Crippen molar-refractivity contribution < 1.29 is 4.79 Å². The largest absolute Gasteiger partial charge is 0.324 e. The van der Waals surface area contributed by atoms with E-state index in [9.17, 15) is 4.79 Å². The van der Waals surface area contributed by atoms with Gasteiger partial charge in [0.25, 0.3) is 0 Å². The number of aryl methyl sites for hydroxylation is 2. The normalized spacial score (nSPS) is 12.2. The number of nitrogens with zero attached hydrogens (tertiary/aromatic N) is 3. The number of nitrogens with one attached hydrogen (secondary N) is 2. The van der Waals surface area contributed by atoms with E-state index in [1.807, 2.05) is 81.4 Å². The van der Waals surface area contributed by atoms with Crippen molar-refractivity contribution in [1.29, 1.82) is 0 Å². The maximum Gasteiger partial charge on any atom is 0.246 e. The van der Waals surface area contributed by atoms with Crippen molar-refractivity contribution in [3.8, 4) is 11.4 Å². The van der Waals surface area contributed by atoms with Crippen molar-refractivity contribution in [2.45, 2.75) is 19.9 Å². The molecule has 6 heteroatoms. The zero-order valence-corrected chi connectivity index (χ0v) is 15.4. The van der Waals surface area contributed by atoms with Crippen LogP contribution in [0.2, 0.25) is 0 Å². The maximum atomic E-state index is 12.9. The summed E-state index contributed by atoms with van der Waals surface area (Å²) in [5.74, 6) is 1.28. The maximum absolute atomic E-state index is 12.9. The minimum absolute atomic E-state index is 0.0813. The molecule has 2 aromatic carbocycles. The molecule has 3 aromatic rings. The molecule has 3 rings (SSSR count). The summed E-state index contributed by atoms with van der Waals surface area (Å²) in [7, 11) is 3.80. The summed E-state index contributed by atoms with van der Waals surface area (Å²) < 4.78 is 0. The molecular formula is C20H23N5O. The minimum Gasteiger partial charge on any atom is -0.324 e. The van der Waals surface area contributed by atoms with E-state index in [1.165, 1.54) is 5.56 Å². The van der Waals surface area contributed by atoms with Gasteiger partial charge in [-0.05, 0) is 45.6 Å². The minimum atomic E-state index is -0.370. The van der Waals surface area contributed by atoms with Gasteiger partial charge in [0.15, 0.2) is 5.82 Å². The number of anilines is 1. The fraction of sp³-hybridized carbons (Fsp3) is 0.250. The molecule has 134 valence electrons. The van der Waals surface area contributed by atoms with Gasteiger partial charge in [0.05, 0.1) is 0 Å². The van der Waals surface area contributed by atoms with Gasteiger partial charge in [0, 0.05) is 11.3 Å². The standard InChI is InChI=1S/C20H23N5O/c1-13-8-10-15(11-9-13)18(25(3)4)20(26)22-17-7-5-6-16(12-17)19-21-14(2)23-24-19/h5-12,18H,1-4H3,(H,22,26)(H,21,23,24). The van der Waals surface area contributed by atoms with Crippen LogP contribution >= 0.6 is 0 Å². The first-order valence-corrected chi connectivity index (χ1v) is 8.47. The SMILES string of the molecule is Cc1ccc(C(C(=O)Nc2cccc(-c3n[nH]c(C)n3)c2)N(C)C)cc1. The smallest absolute Gasteiger partial charge is 0.246 e. The molecule has 26 heavy (non-hydrogen) atoms. The van der Waals surface area contributed by atoms with Crippen LogP contribution in [0, 0.1) is 13.8 Å². The summed E-state index contributed by atoms with van der Waals surface area (Å²) in [4.78, 5) is 19.1. The van der Waals surface area contributed by atoms with Crippen LogP contribution in [0.5, 0.6) is 0 Å². The highest BCUT2D eigenvalue weighted by Crippen LogP contribution is 2.23. The molecule has 1 amide bonds. The number of H-pyrrole nitrogens is 1. The zero-order chi connectivity index (χ0) is 18.7. The van der Waals surface area contributed by atoms with Gasteiger partial charge < -0.3 is 5.32 Å². The average Bonchev–Trinajstić information content (AvgIpc) is 3.03. The van der Waals surface area contributed by atoms with Crippen LogP contribution in [0.1, 0.15) is 23.0 Å². The van der Waals surface area contributed by atoms with E-state index in [0.29, 0.717) is 11.5 Å². The molecule has 0 fully saturated rings. The Balaban J connectivity index is 1.82.